The highest BCUT2D eigenvalue weighted by molar-refractivity contribution is 6.03. The molecule has 10 nitrogen and oxygen atoms in total. The Balaban J connectivity index is 0.787. The molecule has 6 aromatic rings. The minimum absolute atomic E-state index is 0.0986. The topological polar surface area (TPSA) is 159 Å². The lowest BCUT2D eigenvalue weighted by Crippen LogP contribution is -2.11. The molecule has 374 valence electrons. The SMILES string of the molecule is N#Cc1ccc(-c2ccc(OCCCCCCCCCCCOC(=O)c3cc(O)ccc3-c3ccc(O)cc3C(=O)OCCCCCCCCCCCOc3ccc(-c4ccc(C#N)cc4)cc3)cc2)cc1. The zero-order chi connectivity index (χ0) is 50.6. The third-order valence-electron chi connectivity index (χ3n) is 12.7. The van der Waals surface area contributed by atoms with Crippen molar-refractivity contribution in [3.8, 4) is 68.5 Å². The van der Waals surface area contributed by atoms with Gasteiger partial charge in [-0.2, -0.15) is 10.5 Å². The first-order chi connectivity index (χ1) is 35.3. The van der Waals surface area contributed by atoms with Gasteiger partial charge in [0.15, 0.2) is 0 Å². The van der Waals surface area contributed by atoms with Gasteiger partial charge in [-0.3, -0.25) is 0 Å². The van der Waals surface area contributed by atoms with E-state index in [9.17, 15) is 19.8 Å². The van der Waals surface area contributed by atoms with Crippen molar-refractivity contribution in [2.45, 2.75) is 116 Å². The average molecular weight is 969 g/mol. The van der Waals surface area contributed by atoms with Crippen LogP contribution in [-0.4, -0.2) is 48.6 Å². The fraction of sp³-hybridized carbons (Fsp3) is 0.355. The second kappa shape index (κ2) is 30.2. The highest BCUT2D eigenvalue weighted by Gasteiger charge is 2.22. The van der Waals surface area contributed by atoms with Crippen LogP contribution in [0.15, 0.2) is 133 Å². The molecule has 6 rings (SSSR count). The molecule has 0 spiro atoms. The number of esters is 2. The van der Waals surface area contributed by atoms with Gasteiger partial charge in [0.2, 0.25) is 0 Å². The van der Waals surface area contributed by atoms with Gasteiger partial charge in [0.25, 0.3) is 0 Å². The minimum Gasteiger partial charge on any atom is -0.508 e. The number of phenolic OH excluding ortho intramolecular Hbond substituents is 2. The van der Waals surface area contributed by atoms with E-state index in [0.717, 1.165) is 136 Å². The van der Waals surface area contributed by atoms with Gasteiger partial charge in [-0.1, -0.05) is 138 Å². The lowest BCUT2D eigenvalue weighted by Gasteiger charge is -2.14. The van der Waals surface area contributed by atoms with E-state index in [-0.39, 0.29) is 35.8 Å². The number of unbranched alkanes of at least 4 members (excludes halogenated alkanes) is 16. The number of aromatic hydroxyl groups is 2. The van der Waals surface area contributed by atoms with Crippen molar-refractivity contribution in [2.75, 3.05) is 26.4 Å². The smallest absolute Gasteiger partial charge is 0.338 e. The maximum absolute atomic E-state index is 13.4. The second-order valence-electron chi connectivity index (χ2n) is 18.2. The van der Waals surface area contributed by atoms with Gasteiger partial charge >= 0.3 is 11.9 Å². The van der Waals surface area contributed by atoms with Crippen LogP contribution in [0.1, 0.15) is 147 Å². The third-order valence-corrected chi connectivity index (χ3v) is 12.7. The van der Waals surface area contributed by atoms with Crippen LogP contribution in [0, 0.1) is 22.7 Å². The zero-order valence-electron chi connectivity index (χ0n) is 41.5. The van der Waals surface area contributed by atoms with Gasteiger partial charge in [-0.05, 0) is 144 Å². The predicted molar refractivity (Wildman–Crippen MR) is 283 cm³/mol. The van der Waals surface area contributed by atoms with Gasteiger partial charge < -0.3 is 29.2 Å². The Labute approximate surface area is 425 Å². The van der Waals surface area contributed by atoms with Crippen LogP contribution in [0.2, 0.25) is 0 Å². The Morgan fingerprint density at radius 1 is 0.361 bits per heavy atom. The molecule has 0 fully saturated rings. The lowest BCUT2D eigenvalue weighted by molar-refractivity contribution is 0.0486. The molecule has 10 heteroatoms. The van der Waals surface area contributed by atoms with Crippen molar-refractivity contribution in [1.29, 1.82) is 10.5 Å². The first-order valence-electron chi connectivity index (χ1n) is 25.8. The number of hydrogen-bond donors (Lipinski definition) is 2. The number of hydrogen-bond acceptors (Lipinski definition) is 10. The Hall–Kier alpha value is -7.56. The van der Waals surface area contributed by atoms with Gasteiger partial charge in [-0.15, -0.1) is 0 Å². The molecule has 2 N–H and O–H groups in total. The molecule has 0 radical (unpaired) electrons. The van der Waals surface area contributed by atoms with Crippen LogP contribution in [-0.2, 0) is 9.47 Å². The highest BCUT2D eigenvalue weighted by atomic mass is 16.5. The first kappa shape index (κ1) is 53.8. The van der Waals surface area contributed by atoms with Crippen LogP contribution < -0.4 is 9.47 Å². The van der Waals surface area contributed by atoms with Gasteiger partial charge in [-0.25, -0.2) is 9.59 Å². The lowest BCUT2D eigenvalue weighted by atomic mass is 9.94. The van der Waals surface area contributed by atoms with Crippen LogP contribution >= 0.6 is 0 Å². The van der Waals surface area contributed by atoms with E-state index >= 15 is 0 Å². The van der Waals surface area contributed by atoms with E-state index in [1.807, 2.05) is 97.1 Å². The summed E-state index contributed by atoms with van der Waals surface area (Å²) in [6, 6.07) is 44.3. The summed E-state index contributed by atoms with van der Waals surface area (Å²) in [5.74, 6) is 0.337. The molecule has 0 unspecified atom stereocenters. The third kappa shape index (κ3) is 18.0. The Morgan fingerprint density at radius 2 is 0.639 bits per heavy atom. The molecule has 0 aliphatic carbocycles. The van der Waals surface area contributed by atoms with E-state index in [2.05, 4.69) is 12.1 Å². The Morgan fingerprint density at radius 3 is 0.944 bits per heavy atom. The summed E-state index contributed by atoms with van der Waals surface area (Å²) in [7, 11) is 0. The Bertz CT molecular complexity index is 2480. The summed E-state index contributed by atoms with van der Waals surface area (Å²) >= 11 is 0. The van der Waals surface area contributed by atoms with E-state index in [1.54, 1.807) is 12.1 Å². The number of nitriles is 2. The van der Waals surface area contributed by atoms with Crippen LogP contribution in [0.3, 0.4) is 0 Å². The summed E-state index contributed by atoms with van der Waals surface area (Å²) < 4.78 is 23.2. The molecular weight excluding hydrogens is 901 g/mol. The van der Waals surface area contributed by atoms with Gasteiger partial charge in [0, 0.05) is 0 Å². The number of rotatable bonds is 31. The maximum Gasteiger partial charge on any atom is 0.338 e. The number of carbonyl (C=O) groups excluding carboxylic acids is 2. The van der Waals surface area contributed by atoms with E-state index in [4.69, 9.17) is 29.5 Å². The largest absolute Gasteiger partial charge is 0.508 e. The molecule has 0 saturated heterocycles. The van der Waals surface area contributed by atoms with Crippen molar-refractivity contribution in [3.05, 3.63) is 156 Å². The molecule has 0 aromatic heterocycles. The highest BCUT2D eigenvalue weighted by Crippen LogP contribution is 2.33. The minimum atomic E-state index is -0.591. The molecule has 0 atom stereocenters. The number of phenols is 2. The van der Waals surface area contributed by atoms with Gasteiger partial charge in [0.05, 0.1) is 60.8 Å². The normalized spacial score (nSPS) is 10.8. The summed E-state index contributed by atoms with van der Waals surface area (Å²) in [5.41, 5.74) is 6.70. The molecule has 0 saturated carbocycles. The molecular formula is C62H68N2O8. The number of ether oxygens (including phenoxy) is 4. The molecule has 0 amide bonds. The molecule has 72 heavy (non-hydrogen) atoms. The maximum atomic E-state index is 13.4. The van der Waals surface area contributed by atoms with E-state index in [1.165, 1.54) is 37.1 Å². The second-order valence-corrected chi connectivity index (χ2v) is 18.2. The molecule has 0 heterocycles. The van der Waals surface area contributed by atoms with Crippen molar-refractivity contribution >= 4 is 11.9 Å². The molecule has 0 aliphatic heterocycles. The number of benzene rings is 6. The fourth-order valence-electron chi connectivity index (χ4n) is 8.58. The zero-order valence-corrected chi connectivity index (χ0v) is 41.5. The number of nitrogens with zero attached hydrogens (tertiary/aromatic N) is 2. The Kier molecular flexibility index (Phi) is 22.6. The average Bonchev–Trinajstić information content (AvgIpc) is 3.41. The van der Waals surface area contributed by atoms with Crippen molar-refractivity contribution in [2.24, 2.45) is 0 Å². The number of carbonyl (C=O) groups is 2. The summed E-state index contributed by atoms with van der Waals surface area (Å²) in [4.78, 5) is 26.7. The first-order valence-corrected chi connectivity index (χ1v) is 25.8. The summed E-state index contributed by atoms with van der Waals surface area (Å²) in [6.07, 6.45) is 18.9. The van der Waals surface area contributed by atoms with E-state index in [0.29, 0.717) is 35.5 Å². The summed E-state index contributed by atoms with van der Waals surface area (Å²) in [6.45, 7) is 1.86. The van der Waals surface area contributed by atoms with Crippen molar-refractivity contribution in [3.63, 3.8) is 0 Å². The van der Waals surface area contributed by atoms with E-state index < -0.39 is 11.9 Å². The van der Waals surface area contributed by atoms with Crippen LogP contribution in [0.25, 0.3) is 33.4 Å². The van der Waals surface area contributed by atoms with Crippen LogP contribution in [0.5, 0.6) is 23.0 Å². The standard InChI is InChI=1S/C62H68N2O8/c63-45-47-19-23-49(24-20-47)51-27-33-55(34-28-51)69-39-15-11-7-3-1-5-9-13-17-41-71-61(67)59-43-53(65)31-37-57(59)58-38-32-54(66)44-60(58)62(68)72-42-18-14-10-6-2-4-8-12-16-40-70-56-35-29-52(30-36-56)50-25-21-48(46-64)22-26-50/h19-38,43-44,65-66H,1-18,39-42H2. The molecule has 6 aromatic carbocycles. The quantitative estimate of drug-likeness (QED) is 0.0317. The predicted octanol–water partition coefficient (Wildman–Crippen LogP) is 15.3. The summed E-state index contributed by atoms with van der Waals surface area (Å²) in [5, 5.41) is 38.7. The molecule has 0 bridgehead atoms. The fourth-order valence-corrected chi connectivity index (χ4v) is 8.58. The van der Waals surface area contributed by atoms with Gasteiger partial charge in [0.1, 0.15) is 23.0 Å². The monoisotopic (exact) mass is 968 g/mol. The van der Waals surface area contributed by atoms with Crippen molar-refractivity contribution < 1.29 is 38.7 Å². The van der Waals surface area contributed by atoms with Crippen molar-refractivity contribution in [1.82, 2.24) is 0 Å². The molecule has 0 aliphatic rings. The van der Waals surface area contributed by atoms with Crippen LogP contribution in [0.4, 0.5) is 0 Å².